The number of nitrogens with zero attached hydrogens (tertiary/aromatic N) is 4. The lowest BCUT2D eigenvalue weighted by atomic mass is 10.0. The van der Waals surface area contributed by atoms with Crippen LogP contribution >= 0.6 is 0 Å². The van der Waals surface area contributed by atoms with Crippen LogP contribution in [0.1, 0.15) is 42.5 Å². The minimum atomic E-state index is -0.572. The average Bonchev–Trinajstić information content (AvgIpc) is 3.23. The third kappa shape index (κ3) is 3.95. The van der Waals surface area contributed by atoms with E-state index in [4.69, 9.17) is 4.52 Å². The van der Waals surface area contributed by atoms with E-state index in [9.17, 15) is 14.4 Å². The van der Waals surface area contributed by atoms with Crippen LogP contribution in [0, 0.1) is 13.8 Å². The van der Waals surface area contributed by atoms with Gasteiger partial charge in [-0.3, -0.25) is 18.7 Å². The Labute approximate surface area is 178 Å². The Morgan fingerprint density at radius 1 is 1.23 bits per heavy atom. The standard InChI is InChI=1S/C22H25N5O4/c1-4-18-24-20(25-31-18)19-16-7-5-6-10-26(16)22(30)27(21(19)29)12-17(28)23-15-11-13(2)8-9-14(15)3/h8-9,11H,4-7,10,12H2,1-3H3,(H,23,28). The minimum Gasteiger partial charge on any atom is -0.339 e. The molecular weight excluding hydrogens is 398 g/mol. The second kappa shape index (κ2) is 8.33. The molecule has 0 aliphatic carbocycles. The van der Waals surface area contributed by atoms with Crippen LogP contribution in [0.3, 0.4) is 0 Å². The first-order chi connectivity index (χ1) is 14.9. The third-order valence-corrected chi connectivity index (χ3v) is 5.54. The molecule has 0 unspecified atom stereocenters. The van der Waals surface area contributed by atoms with E-state index < -0.39 is 23.7 Å². The van der Waals surface area contributed by atoms with E-state index in [1.165, 1.54) is 0 Å². The lowest BCUT2D eigenvalue weighted by Crippen LogP contribution is -2.45. The van der Waals surface area contributed by atoms with E-state index >= 15 is 0 Å². The number of rotatable bonds is 5. The van der Waals surface area contributed by atoms with Gasteiger partial charge in [-0.2, -0.15) is 4.98 Å². The van der Waals surface area contributed by atoms with Gasteiger partial charge in [0.15, 0.2) is 0 Å². The van der Waals surface area contributed by atoms with Crippen LogP contribution in [-0.2, 0) is 30.7 Å². The Kier molecular flexibility index (Phi) is 5.58. The summed E-state index contributed by atoms with van der Waals surface area (Å²) in [4.78, 5) is 43.4. The molecule has 162 valence electrons. The number of hydrogen-bond donors (Lipinski definition) is 1. The molecule has 31 heavy (non-hydrogen) atoms. The maximum Gasteiger partial charge on any atom is 0.331 e. The minimum absolute atomic E-state index is 0.163. The van der Waals surface area contributed by atoms with Crippen LogP contribution in [0.2, 0.25) is 0 Å². The van der Waals surface area contributed by atoms with Gasteiger partial charge >= 0.3 is 5.69 Å². The van der Waals surface area contributed by atoms with E-state index in [-0.39, 0.29) is 11.4 Å². The van der Waals surface area contributed by atoms with Crippen LogP contribution < -0.4 is 16.6 Å². The number of fused-ring (bicyclic) bond motifs is 1. The van der Waals surface area contributed by atoms with Gasteiger partial charge in [0, 0.05) is 24.3 Å². The Balaban J connectivity index is 1.76. The molecule has 0 radical (unpaired) electrons. The molecule has 0 saturated heterocycles. The fraction of sp³-hybridized carbons (Fsp3) is 0.409. The predicted octanol–water partition coefficient (Wildman–Crippen LogP) is 2.21. The molecule has 1 amide bonds. The Morgan fingerprint density at radius 2 is 2.03 bits per heavy atom. The van der Waals surface area contributed by atoms with Crippen molar-refractivity contribution in [2.45, 2.75) is 59.5 Å². The number of hydrogen-bond acceptors (Lipinski definition) is 6. The summed E-state index contributed by atoms with van der Waals surface area (Å²) in [5, 5.41) is 6.76. The van der Waals surface area contributed by atoms with Crippen molar-refractivity contribution in [3.8, 4) is 11.4 Å². The molecule has 1 aromatic carbocycles. The third-order valence-electron chi connectivity index (χ3n) is 5.54. The second-order valence-corrected chi connectivity index (χ2v) is 7.84. The summed E-state index contributed by atoms with van der Waals surface area (Å²) in [6, 6.07) is 5.71. The SMILES string of the molecule is CCc1nc(-c2c3n(c(=O)n(CC(=O)Nc4cc(C)ccc4C)c2=O)CCCC3)no1. The summed E-state index contributed by atoms with van der Waals surface area (Å²) in [5.41, 5.74) is 2.34. The Morgan fingerprint density at radius 3 is 2.77 bits per heavy atom. The summed E-state index contributed by atoms with van der Waals surface area (Å²) in [5.74, 6) is 0.128. The van der Waals surface area contributed by atoms with Gasteiger partial charge in [0.25, 0.3) is 5.56 Å². The maximum atomic E-state index is 13.3. The number of aryl methyl sites for hydroxylation is 3. The molecule has 0 fully saturated rings. The summed E-state index contributed by atoms with van der Waals surface area (Å²) < 4.78 is 7.72. The van der Waals surface area contributed by atoms with Crippen molar-refractivity contribution in [3.63, 3.8) is 0 Å². The molecule has 1 N–H and O–H groups in total. The molecule has 1 aliphatic rings. The van der Waals surface area contributed by atoms with Crippen LogP contribution in [0.15, 0.2) is 32.3 Å². The van der Waals surface area contributed by atoms with Crippen LogP contribution in [0.5, 0.6) is 0 Å². The van der Waals surface area contributed by atoms with E-state index in [1.807, 2.05) is 39.0 Å². The molecule has 9 nitrogen and oxygen atoms in total. The zero-order chi connectivity index (χ0) is 22.1. The van der Waals surface area contributed by atoms with Gasteiger partial charge in [0.05, 0.1) is 0 Å². The maximum absolute atomic E-state index is 13.3. The first-order valence-electron chi connectivity index (χ1n) is 10.5. The van der Waals surface area contributed by atoms with E-state index in [0.717, 1.165) is 28.5 Å². The second-order valence-electron chi connectivity index (χ2n) is 7.84. The van der Waals surface area contributed by atoms with Crippen molar-refractivity contribution in [2.75, 3.05) is 5.32 Å². The molecule has 0 spiro atoms. The molecule has 4 rings (SSSR count). The van der Waals surface area contributed by atoms with Crippen LogP contribution in [-0.4, -0.2) is 25.2 Å². The van der Waals surface area contributed by atoms with Gasteiger partial charge in [0.1, 0.15) is 12.1 Å². The molecule has 3 aromatic rings. The topological polar surface area (TPSA) is 112 Å². The number of anilines is 1. The lowest BCUT2D eigenvalue weighted by Gasteiger charge is -2.21. The highest BCUT2D eigenvalue weighted by Gasteiger charge is 2.26. The highest BCUT2D eigenvalue weighted by molar-refractivity contribution is 5.91. The summed E-state index contributed by atoms with van der Waals surface area (Å²) in [6.45, 7) is 5.78. The van der Waals surface area contributed by atoms with Gasteiger partial charge in [-0.1, -0.05) is 24.2 Å². The molecule has 3 heterocycles. The van der Waals surface area contributed by atoms with Crippen molar-refractivity contribution in [2.24, 2.45) is 0 Å². The number of carbonyl (C=O) groups excluding carboxylic acids is 1. The molecule has 1 aliphatic heterocycles. The fourth-order valence-corrected chi connectivity index (χ4v) is 3.86. The monoisotopic (exact) mass is 423 g/mol. The highest BCUT2D eigenvalue weighted by atomic mass is 16.5. The summed E-state index contributed by atoms with van der Waals surface area (Å²) in [6.07, 6.45) is 2.80. The number of nitrogens with one attached hydrogen (secondary N) is 1. The van der Waals surface area contributed by atoms with Crippen molar-refractivity contribution in [1.29, 1.82) is 0 Å². The molecular formula is C22H25N5O4. The smallest absolute Gasteiger partial charge is 0.331 e. The van der Waals surface area contributed by atoms with Crippen molar-refractivity contribution < 1.29 is 9.32 Å². The number of carbonyl (C=O) groups is 1. The summed E-state index contributed by atoms with van der Waals surface area (Å²) >= 11 is 0. The quantitative estimate of drug-likeness (QED) is 0.673. The van der Waals surface area contributed by atoms with E-state index in [1.54, 1.807) is 4.57 Å². The largest absolute Gasteiger partial charge is 0.339 e. The fourth-order valence-electron chi connectivity index (χ4n) is 3.86. The van der Waals surface area contributed by atoms with Crippen LogP contribution in [0.25, 0.3) is 11.4 Å². The van der Waals surface area contributed by atoms with Gasteiger partial charge in [-0.25, -0.2) is 4.79 Å². The lowest BCUT2D eigenvalue weighted by molar-refractivity contribution is -0.116. The zero-order valence-electron chi connectivity index (χ0n) is 17.9. The van der Waals surface area contributed by atoms with Gasteiger partial charge in [-0.15, -0.1) is 0 Å². The van der Waals surface area contributed by atoms with Crippen molar-refractivity contribution in [1.82, 2.24) is 19.3 Å². The highest BCUT2D eigenvalue weighted by Crippen LogP contribution is 2.22. The van der Waals surface area contributed by atoms with Gasteiger partial charge in [0.2, 0.25) is 17.6 Å². The number of aromatic nitrogens is 4. The number of benzene rings is 1. The first-order valence-corrected chi connectivity index (χ1v) is 10.5. The van der Waals surface area contributed by atoms with E-state index in [0.29, 0.717) is 36.7 Å². The molecule has 9 heteroatoms. The predicted molar refractivity (Wildman–Crippen MR) is 115 cm³/mol. The normalized spacial score (nSPS) is 13.1. The van der Waals surface area contributed by atoms with Gasteiger partial charge < -0.3 is 9.84 Å². The summed E-state index contributed by atoms with van der Waals surface area (Å²) in [7, 11) is 0. The van der Waals surface area contributed by atoms with Gasteiger partial charge in [-0.05, 0) is 50.3 Å². The van der Waals surface area contributed by atoms with E-state index in [2.05, 4.69) is 15.5 Å². The number of amides is 1. The molecule has 0 atom stereocenters. The van der Waals surface area contributed by atoms with Crippen LogP contribution in [0.4, 0.5) is 5.69 Å². The van der Waals surface area contributed by atoms with Crippen molar-refractivity contribution >= 4 is 11.6 Å². The van der Waals surface area contributed by atoms with Crippen molar-refractivity contribution in [3.05, 3.63) is 61.7 Å². The molecule has 0 bridgehead atoms. The molecule has 2 aromatic heterocycles. The molecule has 0 saturated carbocycles. The Hall–Kier alpha value is -3.49. The first kappa shape index (κ1) is 20.8. The zero-order valence-corrected chi connectivity index (χ0v) is 17.9. The Bertz CT molecular complexity index is 1270. The average molecular weight is 423 g/mol.